The summed E-state index contributed by atoms with van der Waals surface area (Å²) in [5, 5.41) is 0. The maximum atomic E-state index is 12.2. The Bertz CT molecular complexity index is 144. The van der Waals surface area contributed by atoms with Gasteiger partial charge < -0.3 is 4.42 Å². The Balaban J connectivity index is 2.77. The number of furan rings is 1. The molecule has 0 aromatic carbocycles. The van der Waals surface area contributed by atoms with Gasteiger partial charge in [-0.25, -0.2) is 4.39 Å². The molecule has 1 atom stereocenters. The van der Waals surface area contributed by atoms with E-state index in [1.807, 2.05) is 0 Å². The molecule has 0 fully saturated rings. The first-order chi connectivity index (χ1) is 3.80. The van der Waals surface area contributed by atoms with E-state index in [0.29, 0.717) is 5.76 Å². The minimum Gasteiger partial charge on any atom is -0.466 e. The summed E-state index contributed by atoms with van der Waals surface area (Å²) in [6.45, 7) is 1.44. The molecule has 1 aromatic rings. The molecule has 0 spiro atoms. The molecule has 1 nitrogen and oxygen atoms in total. The highest BCUT2D eigenvalue weighted by atomic mass is 19.1. The van der Waals surface area contributed by atoms with E-state index >= 15 is 0 Å². The average Bonchev–Trinajstić information content (AvgIpc) is 2.12. The standard InChI is InChI=1S/C6H7FO/c1-5(7)6-3-2-4-8-6/h2-5H,1H3. The third kappa shape index (κ3) is 0.886. The zero-order valence-electron chi connectivity index (χ0n) is 4.60. The molecule has 1 aromatic heterocycles. The van der Waals surface area contributed by atoms with E-state index in [2.05, 4.69) is 0 Å². The van der Waals surface area contributed by atoms with E-state index in [4.69, 9.17) is 4.42 Å². The van der Waals surface area contributed by atoms with Gasteiger partial charge in [-0.15, -0.1) is 0 Å². The van der Waals surface area contributed by atoms with Crippen LogP contribution in [0.2, 0.25) is 0 Å². The van der Waals surface area contributed by atoms with Crippen molar-refractivity contribution in [2.75, 3.05) is 0 Å². The molecule has 44 valence electrons. The fraction of sp³-hybridized carbons (Fsp3) is 0.333. The number of hydrogen-bond donors (Lipinski definition) is 0. The molecule has 1 rings (SSSR count). The lowest BCUT2D eigenvalue weighted by Crippen LogP contribution is -1.76. The van der Waals surface area contributed by atoms with Crippen LogP contribution in [0.5, 0.6) is 0 Å². The van der Waals surface area contributed by atoms with Crippen LogP contribution < -0.4 is 0 Å². The first-order valence-electron chi connectivity index (χ1n) is 2.48. The molecule has 2 heteroatoms. The van der Waals surface area contributed by atoms with E-state index in [9.17, 15) is 4.39 Å². The smallest absolute Gasteiger partial charge is 0.155 e. The third-order valence-corrected chi connectivity index (χ3v) is 0.935. The second kappa shape index (κ2) is 1.99. The lowest BCUT2D eigenvalue weighted by molar-refractivity contribution is 0.310. The number of rotatable bonds is 1. The molecule has 0 saturated heterocycles. The van der Waals surface area contributed by atoms with Crippen molar-refractivity contribution in [3.05, 3.63) is 24.2 Å². The summed E-state index contributed by atoms with van der Waals surface area (Å²) in [6, 6.07) is 3.29. The number of halogens is 1. The normalized spacial score (nSPS) is 13.8. The van der Waals surface area contributed by atoms with Gasteiger partial charge in [0.15, 0.2) is 6.17 Å². The average molecular weight is 114 g/mol. The van der Waals surface area contributed by atoms with Crippen molar-refractivity contribution in [2.45, 2.75) is 13.1 Å². The first-order valence-corrected chi connectivity index (χ1v) is 2.48. The van der Waals surface area contributed by atoms with Gasteiger partial charge in [-0.1, -0.05) is 0 Å². The van der Waals surface area contributed by atoms with Crippen LogP contribution in [-0.2, 0) is 0 Å². The predicted molar refractivity (Wildman–Crippen MR) is 28.2 cm³/mol. The van der Waals surface area contributed by atoms with E-state index < -0.39 is 6.17 Å². The van der Waals surface area contributed by atoms with Crippen molar-refractivity contribution in [1.82, 2.24) is 0 Å². The van der Waals surface area contributed by atoms with E-state index in [-0.39, 0.29) is 0 Å². The van der Waals surface area contributed by atoms with Crippen molar-refractivity contribution in [3.8, 4) is 0 Å². The Morgan fingerprint density at radius 1 is 1.75 bits per heavy atom. The van der Waals surface area contributed by atoms with Gasteiger partial charge >= 0.3 is 0 Å². The number of alkyl halides is 1. The topological polar surface area (TPSA) is 13.1 Å². The van der Waals surface area contributed by atoms with E-state index in [0.717, 1.165) is 0 Å². The minimum atomic E-state index is -0.981. The molecule has 8 heavy (non-hydrogen) atoms. The second-order valence-electron chi connectivity index (χ2n) is 1.63. The molecule has 1 unspecified atom stereocenters. The van der Waals surface area contributed by atoms with Crippen molar-refractivity contribution in [3.63, 3.8) is 0 Å². The molecule has 0 bridgehead atoms. The van der Waals surface area contributed by atoms with Gasteiger partial charge in [0.05, 0.1) is 6.26 Å². The lowest BCUT2D eigenvalue weighted by atomic mass is 10.3. The summed E-state index contributed by atoms with van der Waals surface area (Å²) >= 11 is 0. The molecule has 1 heterocycles. The predicted octanol–water partition coefficient (Wildman–Crippen LogP) is 2.31. The van der Waals surface area contributed by atoms with Gasteiger partial charge in [0.2, 0.25) is 0 Å². The second-order valence-corrected chi connectivity index (χ2v) is 1.63. The number of hydrogen-bond acceptors (Lipinski definition) is 1. The van der Waals surface area contributed by atoms with Crippen LogP contribution in [-0.4, -0.2) is 0 Å². The summed E-state index contributed by atoms with van der Waals surface area (Å²) < 4.78 is 16.9. The molecule has 0 aliphatic heterocycles. The Kier molecular flexibility index (Phi) is 1.33. The van der Waals surface area contributed by atoms with Crippen LogP contribution in [0.3, 0.4) is 0 Å². The Morgan fingerprint density at radius 2 is 2.50 bits per heavy atom. The first kappa shape index (κ1) is 5.35. The van der Waals surface area contributed by atoms with Crippen molar-refractivity contribution in [1.29, 1.82) is 0 Å². The van der Waals surface area contributed by atoms with Gasteiger partial charge in [0, 0.05) is 0 Å². The van der Waals surface area contributed by atoms with Crippen LogP contribution in [0.25, 0.3) is 0 Å². The molecule has 0 N–H and O–H groups in total. The quantitative estimate of drug-likeness (QED) is 0.546. The summed E-state index contributed by atoms with van der Waals surface area (Å²) in [7, 11) is 0. The molecule has 0 saturated carbocycles. The van der Waals surface area contributed by atoms with Crippen LogP contribution in [0, 0.1) is 0 Å². The highest BCUT2D eigenvalue weighted by molar-refractivity contribution is 5.00. The summed E-state index contributed by atoms with van der Waals surface area (Å²) in [5.74, 6) is 0.394. The van der Waals surface area contributed by atoms with Gasteiger partial charge in [0.1, 0.15) is 5.76 Å². The zero-order valence-corrected chi connectivity index (χ0v) is 4.60. The van der Waals surface area contributed by atoms with Gasteiger partial charge in [-0.05, 0) is 19.1 Å². The fourth-order valence-corrected chi connectivity index (χ4v) is 0.518. The summed E-state index contributed by atoms with van der Waals surface area (Å²) in [5.41, 5.74) is 0. The Morgan fingerprint density at radius 3 is 2.75 bits per heavy atom. The van der Waals surface area contributed by atoms with Crippen LogP contribution in [0.1, 0.15) is 18.9 Å². The molecular weight excluding hydrogens is 107 g/mol. The molecule has 0 amide bonds. The fourth-order valence-electron chi connectivity index (χ4n) is 0.518. The Hall–Kier alpha value is -0.790. The summed E-state index contributed by atoms with van der Waals surface area (Å²) in [6.07, 6.45) is 0.482. The van der Waals surface area contributed by atoms with Crippen molar-refractivity contribution >= 4 is 0 Å². The van der Waals surface area contributed by atoms with E-state index in [1.54, 1.807) is 12.1 Å². The highest BCUT2D eigenvalue weighted by Gasteiger charge is 2.02. The SMILES string of the molecule is CC(F)c1ccco1. The monoisotopic (exact) mass is 114 g/mol. The minimum absolute atomic E-state index is 0.394. The van der Waals surface area contributed by atoms with Crippen molar-refractivity contribution < 1.29 is 8.81 Å². The van der Waals surface area contributed by atoms with Gasteiger partial charge in [-0.2, -0.15) is 0 Å². The maximum Gasteiger partial charge on any atom is 0.155 e. The van der Waals surface area contributed by atoms with Gasteiger partial charge in [0.25, 0.3) is 0 Å². The van der Waals surface area contributed by atoms with Crippen molar-refractivity contribution in [2.24, 2.45) is 0 Å². The third-order valence-electron chi connectivity index (χ3n) is 0.935. The van der Waals surface area contributed by atoms with Crippen LogP contribution in [0.4, 0.5) is 4.39 Å². The van der Waals surface area contributed by atoms with Gasteiger partial charge in [-0.3, -0.25) is 0 Å². The maximum absolute atomic E-state index is 12.2. The summed E-state index contributed by atoms with van der Waals surface area (Å²) in [4.78, 5) is 0. The zero-order chi connectivity index (χ0) is 5.98. The lowest BCUT2D eigenvalue weighted by Gasteiger charge is -1.90. The highest BCUT2D eigenvalue weighted by Crippen LogP contribution is 2.15. The Labute approximate surface area is 47.1 Å². The molecule has 0 aliphatic rings. The largest absolute Gasteiger partial charge is 0.466 e. The van der Waals surface area contributed by atoms with Crippen LogP contribution >= 0.6 is 0 Å². The molecular formula is C6H7FO. The van der Waals surface area contributed by atoms with E-state index in [1.165, 1.54) is 13.2 Å². The van der Waals surface area contributed by atoms with Crippen LogP contribution in [0.15, 0.2) is 22.8 Å². The molecule has 0 aliphatic carbocycles. The molecule has 0 radical (unpaired) electrons.